The van der Waals surface area contributed by atoms with Crippen molar-refractivity contribution in [2.75, 3.05) is 13.2 Å². The van der Waals surface area contributed by atoms with E-state index >= 15 is 0 Å². The third kappa shape index (κ3) is 11.0. The molecule has 0 spiro atoms. The Bertz CT molecular complexity index is 979. The standard InChI is InChI=1S/C31H45N3O2Si/c1-3-5-7-8-9-10-22-36-31-20-15-27(25-32-31)30-19-18-29(33-34-30)26-13-16-28(17-14-26)35-21-11-12-24-37-23-6-4-2/h13-20,25H,3-12,21-24,37H2,1-2H3. The molecule has 0 aliphatic rings. The first-order valence-corrected chi connectivity index (χ1v) is 16.5. The Kier molecular flexibility index (Phi) is 13.8. The molecule has 3 aromatic rings. The highest BCUT2D eigenvalue weighted by Gasteiger charge is 2.06. The molecule has 2 heterocycles. The minimum absolute atomic E-state index is 0.167. The van der Waals surface area contributed by atoms with Crippen LogP contribution in [0, 0.1) is 0 Å². The first-order valence-electron chi connectivity index (χ1n) is 14.5. The van der Waals surface area contributed by atoms with Gasteiger partial charge in [0.2, 0.25) is 5.88 Å². The molecule has 5 nitrogen and oxygen atoms in total. The van der Waals surface area contributed by atoms with Crippen molar-refractivity contribution >= 4 is 9.52 Å². The predicted molar refractivity (Wildman–Crippen MR) is 157 cm³/mol. The Hall–Kier alpha value is -2.73. The summed E-state index contributed by atoms with van der Waals surface area (Å²) in [6.07, 6.45) is 14.5. The van der Waals surface area contributed by atoms with Gasteiger partial charge in [0.05, 0.1) is 24.6 Å². The van der Waals surface area contributed by atoms with Gasteiger partial charge in [-0.3, -0.25) is 0 Å². The summed E-state index contributed by atoms with van der Waals surface area (Å²) < 4.78 is 11.7. The summed E-state index contributed by atoms with van der Waals surface area (Å²) in [4.78, 5) is 4.44. The van der Waals surface area contributed by atoms with Crippen molar-refractivity contribution in [3.8, 4) is 34.1 Å². The minimum Gasteiger partial charge on any atom is -0.494 e. The van der Waals surface area contributed by atoms with Crippen LogP contribution < -0.4 is 9.47 Å². The molecule has 0 unspecified atom stereocenters. The zero-order valence-electron chi connectivity index (χ0n) is 23.0. The van der Waals surface area contributed by atoms with Crippen molar-refractivity contribution < 1.29 is 9.47 Å². The van der Waals surface area contributed by atoms with Gasteiger partial charge in [0.15, 0.2) is 0 Å². The lowest BCUT2D eigenvalue weighted by Gasteiger charge is -2.08. The van der Waals surface area contributed by atoms with E-state index in [1.165, 1.54) is 63.5 Å². The Morgan fingerprint density at radius 1 is 0.595 bits per heavy atom. The molecule has 1 aromatic carbocycles. The number of unbranched alkanes of at least 4 members (excludes halogenated alkanes) is 7. The highest BCUT2D eigenvalue weighted by atomic mass is 28.2. The smallest absolute Gasteiger partial charge is 0.213 e. The molecule has 0 fully saturated rings. The van der Waals surface area contributed by atoms with Crippen molar-refractivity contribution in [2.24, 2.45) is 0 Å². The number of hydrogen-bond donors (Lipinski definition) is 0. The molecule has 0 N–H and O–H groups in total. The fraction of sp³-hybridized carbons (Fsp3) is 0.516. The number of nitrogens with zero attached hydrogens (tertiary/aromatic N) is 3. The fourth-order valence-electron chi connectivity index (χ4n) is 4.29. The van der Waals surface area contributed by atoms with Crippen LogP contribution in [-0.4, -0.2) is 37.9 Å². The molecule has 0 aliphatic carbocycles. The maximum atomic E-state index is 5.92. The average Bonchev–Trinajstić information content (AvgIpc) is 2.95. The first kappa shape index (κ1) is 28.8. The largest absolute Gasteiger partial charge is 0.494 e. The van der Waals surface area contributed by atoms with Gasteiger partial charge in [0.25, 0.3) is 0 Å². The quantitative estimate of drug-likeness (QED) is 0.119. The lowest BCUT2D eigenvalue weighted by Crippen LogP contribution is -1.99. The molecule has 6 heteroatoms. The summed E-state index contributed by atoms with van der Waals surface area (Å²) in [6, 6.07) is 19.0. The van der Waals surface area contributed by atoms with Gasteiger partial charge in [-0.15, -0.1) is 10.2 Å². The van der Waals surface area contributed by atoms with Crippen LogP contribution in [0.2, 0.25) is 12.1 Å². The predicted octanol–water partition coefficient (Wildman–Crippen LogP) is 7.91. The van der Waals surface area contributed by atoms with E-state index in [1.54, 1.807) is 6.20 Å². The van der Waals surface area contributed by atoms with Crippen LogP contribution in [0.25, 0.3) is 22.5 Å². The molecule has 0 radical (unpaired) electrons. The molecule has 2 aromatic heterocycles. The first-order chi connectivity index (χ1) is 18.3. The second-order valence-corrected chi connectivity index (χ2v) is 11.9. The van der Waals surface area contributed by atoms with Crippen LogP contribution >= 0.6 is 0 Å². The van der Waals surface area contributed by atoms with E-state index in [9.17, 15) is 0 Å². The second-order valence-electron chi connectivity index (χ2n) is 9.80. The average molecular weight is 520 g/mol. The van der Waals surface area contributed by atoms with Crippen LogP contribution in [0.4, 0.5) is 0 Å². The summed E-state index contributed by atoms with van der Waals surface area (Å²) in [5, 5.41) is 8.87. The van der Waals surface area contributed by atoms with E-state index in [4.69, 9.17) is 9.47 Å². The zero-order valence-corrected chi connectivity index (χ0v) is 24.4. The Labute approximate surface area is 226 Å². The molecule has 0 saturated heterocycles. The highest BCUT2D eigenvalue weighted by molar-refractivity contribution is 6.35. The van der Waals surface area contributed by atoms with Gasteiger partial charge in [-0.2, -0.15) is 0 Å². The normalized spacial score (nSPS) is 11.3. The number of ether oxygens (including phenoxy) is 2. The van der Waals surface area contributed by atoms with E-state index in [2.05, 4.69) is 29.0 Å². The number of rotatable bonds is 19. The molecular weight excluding hydrogens is 474 g/mol. The zero-order chi connectivity index (χ0) is 26.0. The van der Waals surface area contributed by atoms with Crippen molar-refractivity contribution in [3.05, 3.63) is 54.7 Å². The van der Waals surface area contributed by atoms with E-state index in [0.717, 1.165) is 54.3 Å². The van der Waals surface area contributed by atoms with Crippen LogP contribution in [0.1, 0.15) is 78.1 Å². The molecule has 0 amide bonds. The number of aromatic nitrogens is 3. The summed E-state index contributed by atoms with van der Waals surface area (Å²) in [6.45, 7) is 6.04. The van der Waals surface area contributed by atoms with Crippen molar-refractivity contribution in [2.45, 2.75) is 90.1 Å². The maximum Gasteiger partial charge on any atom is 0.213 e. The number of hydrogen-bond acceptors (Lipinski definition) is 5. The van der Waals surface area contributed by atoms with Gasteiger partial charge in [0, 0.05) is 32.9 Å². The van der Waals surface area contributed by atoms with Gasteiger partial charge in [0.1, 0.15) is 5.75 Å². The molecule has 0 saturated carbocycles. The van der Waals surface area contributed by atoms with Gasteiger partial charge in [-0.1, -0.05) is 77.3 Å². The molecule has 0 aliphatic heterocycles. The monoisotopic (exact) mass is 519 g/mol. The van der Waals surface area contributed by atoms with E-state index in [0.29, 0.717) is 5.88 Å². The molecular formula is C31H45N3O2Si. The van der Waals surface area contributed by atoms with Gasteiger partial charge in [-0.05, 0) is 55.3 Å². The molecule has 3 rings (SSSR count). The van der Waals surface area contributed by atoms with Crippen molar-refractivity contribution in [1.82, 2.24) is 15.2 Å². The summed E-state index contributed by atoms with van der Waals surface area (Å²) in [5.41, 5.74) is 3.61. The van der Waals surface area contributed by atoms with Crippen molar-refractivity contribution in [3.63, 3.8) is 0 Å². The lowest BCUT2D eigenvalue weighted by atomic mass is 10.1. The van der Waals surface area contributed by atoms with Gasteiger partial charge >= 0.3 is 0 Å². The maximum absolute atomic E-state index is 5.92. The number of benzene rings is 1. The fourth-order valence-corrected chi connectivity index (χ4v) is 6.20. The van der Waals surface area contributed by atoms with Crippen LogP contribution in [-0.2, 0) is 0 Å². The van der Waals surface area contributed by atoms with Crippen LogP contribution in [0.15, 0.2) is 54.7 Å². The lowest BCUT2D eigenvalue weighted by molar-refractivity contribution is 0.293. The summed E-state index contributed by atoms with van der Waals surface area (Å²) in [5.74, 6) is 1.58. The third-order valence-corrected chi connectivity index (χ3v) is 8.61. The molecule has 0 bridgehead atoms. The topological polar surface area (TPSA) is 57.1 Å². The van der Waals surface area contributed by atoms with Gasteiger partial charge < -0.3 is 9.47 Å². The summed E-state index contributed by atoms with van der Waals surface area (Å²) in [7, 11) is 0.167. The van der Waals surface area contributed by atoms with Gasteiger partial charge in [-0.25, -0.2) is 4.98 Å². The summed E-state index contributed by atoms with van der Waals surface area (Å²) >= 11 is 0. The Morgan fingerprint density at radius 2 is 1.22 bits per heavy atom. The molecule has 0 atom stereocenters. The Morgan fingerprint density at radius 3 is 1.92 bits per heavy atom. The molecule has 37 heavy (non-hydrogen) atoms. The van der Waals surface area contributed by atoms with Crippen LogP contribution in [0.5, 0.6) is 11.6 Å². The molecule has 200 valence electrons. The third-order valence-electron chi connectivity index (χ3n) is 6.61. The SMILES string of the molecule is CCCCCCCCOc1ccc(-c2ccc(-c3ccc(OCCCC[SiH2]CCCC)cc3)nn2)cn1. The highest BCUT2D eigenvalue weighted by Crippen LogP contribution is 2.23. The minimum atomic E-state index is 0.167. The number of pyridine rings is 1. The Balaban J connectivity index is 1.39. The van der Waals surface area contributed by atoms with E-state index < -0.39 is 0 Å². The van der Waals surface area contributed by atoms with E-state index in [-0.39, 0.29) is 9.52 Å². The van der Waals surface area contributed by atoms with Crippen LogP contribution in [0.3, 0.4) is 0 Å². The second kappa shape index (κ2) is 17.7. The van der Waals surface area contributed by atoms with E-state index in [1.807, 2.05) is 48.5 Å². The van der Waals surface area contributed by atoms with Crippen molar-refractivity contribution in [1.29, 1.82) is 0 Å².